The monoisotopic (exact) mass is 480 g/mol. The highest BCUT2D eigenvalue weighted by atomic mass is 32.2. The Morgan fingerprint density at radius 2 is 1.91 bits per heavy atom. The van der Waals surface area contributed by atoms with Gasteiger partial charge in [-0.3, -0.25) is 9.52 Å². The van der Waals surface area contributed by atoms with Gasteiger partial charge in [0.1, 0.15) is 5.60 Å². The first-order valence-corrected chi connectivity index (χ1v) is 13.0. The van der Waals surface area contributed by atoms with Crippen LogP contribution in [0.3, 0.4) is 0 Å². The maximum atomic E-state index is 12.8. The van der Waals surface area contributed by atoms with Crippen LogP contribution in [0.4, 0.5) is 15.6 Å². The maximum absolute atomic E-state index is 12.8. The number of hydrogen-bond donors (Lipinski definition) is 2. The summed E-state index contributed by atoms with van der Waals surface area (Å²) in [5.41, 5.74) is 1.36. The number of sulfonamides is 1. The van der Waals surface area contributed by atoms with E-state index in [1.807, 2.05) is 26.2 Å². The van der Waals surface area contributed by atoms with E-state index in [0.717, 1.165) is 18.2 Å². The maximum Gasteiger partial charge on any atom is 0.410 e. The molecule has 1 saturated heterocycles. The number of amides is 2. The number of aromatic nitrogens is 1. The quantitative estimate of drug-likeness (QED) is 0.673. The Morgan fingerprint density at radius 1 is 1.22 bits per heavy atom. The average Bonchev–Trinajstić information content (AvgIpc) is 3.14. The molecule has 1 aromatic heterocycles. The molecular weight excluding hydrogens is 452 g/mol. The van der Waals surface area contributed by atoms with Crippen LogP contribution in [-0.2, 0) is 19.6 Å². The minimum atomic E-state index is -3.34. The summed E-state index contributed by atoms with van der Waals surface area (Å²) in [6, 6.07) is 6.82. The summed E-state index contributed by atoms with van der Waals surface area (Å²) in [5.74, 6) is -0.503. The molecule has 9 nitrogen and oxygen atoms in total. The van der Waals surface area contributed by atoms with Crippen molar-refractivity contribution >= 4 is 44.2 Å². The Bertz CT molecular complexity index is 1070. The predicted molar refractivity (Wildman–Crippen MR) is 125 cm³/mol. The smallest absolute Gasteiger partial charge is 0.410 e. The van der Waals surface area contributed by atoms with Crippen molar-refractivity contribution in [3.05, 3.63) is 29.6 Å². The van der Waals surface area contributed by atoms with Crippen LogP contribution in [0.2, 0.25) is 0 Å². The predicted octanol–water partition coefficient (Wildman–Crippen LogP) is 3.77. The van der Waals surface area contributed by atoms with Crippen molar-refractivity contribution in [3.8, 4) is 11.3 Å². The molecule has 1 aliphatic rings. The lowest BCUT2D eigenvalue weighted by molar-refractivity contribution is -0.121. The number of ether oxygens (including phenoxy) is 1. The summed E-state index contributed by atoms with van der Waals surface area (Å²) >= 11 is 1.31. The molecule has 11 heteroatoms. The normalized spacial score (nSPS) is 17.0. The Morgan fingerprint density at radius 3 is 2.53 bits per heavy atom. The molecule has 1 aromatic carbocycles. The standard InChI is InChI=1S/C21H28N4O5S2/c1-21(2,3)30-20(27)25-11-5-6-15(12-25)18(26)23-19-22-17(13-31-19)14-7-9-16(10-8-14)24-32(4,28)29/h7-10,13,15,24H,5-6,11-12H2,1-4H3,(H,22,23,26). The van der Waals surface area contributed by atoms with Gasteiger partial charge in [-0.05, 0) is 45.7 Å². The number of benzene rings is 1. The van der Waals surface area contributed by atoms with E-state index in [2.05, 4.69) is 15.0 Å². The number of rotatable bonds is 5. The third-order valence-electron chi connectivity index (χ3n) is 4.66. The Labute approximate surface area is 192 Å². The lowest BCUT2D eigenvalue weighted by Gasteiger charge is -2.33. The van der Waals surface area contributed by atoms with Crippen molar-refractivity contribution in [2.24, 2.45) is 5.92 Å². The summed E-state index contributed by atoms with van der Waals surface area (Å²) in [6.07, 6.45) is 2.11. The molecule has 2 N–H and O–H groups in total. The number of carbonyl (C=O) groups is 2. The zero-order chi connectivity index (χ0) is 23.5. The van der Waals surface area contributed by atoms with Gasteiger partial charge >= 0.3 is 6.09 Å². The van der Waals surface area contributed by atoms with Gasteiger partial charge in [0, 0.05) is 29.7 Å². The molecule has 0 saturated carbocycles. The zero-order valence-corrected chi connectivity index (χ0v) is 20.2. The van der Waals surface area contributed by atoms with Gasteiger partial charge in [0.25, 0.3) is 0 Å². The molecule has 0 aliphatic carbocycles. The summed E-state index contributed by atoms with van der Waals surface area (Å²) in [6.45, 7) is 6.33. The number of nitrogens with zero attached hydrogens (tertiary/aromatic N) is 2. The van der Waals surface area contributed by atoms with Crippen LogP contribution in [0.15, 0.2) is 29.6 Å². The minimum Gasteiger partial charge on any atom is -0.444 e. The highest BCUT2D eigenvalue weighted by Crippen LogP contribution is 2.27. The number of anilines is 2. The SMILES string of the molecule is CC(C)(C)OC(=O)N1CCCC(C(=O)Nc2nc(-c3ccc(NS(C)(=O)=O)cc3)cs2)C1. The van der Waals surface area contributed by atoms with E-state index in [1.165, 1.54) is 11.3 Å². The van der Waals surface area contributed by atoms with Crippen molar-refractivity contribution in [3.63, 3.8) is 0 Å². The van der Waals surface area contributed by atoms with E-state index < -0.39 is 21.7 Å². The molecule has 0 bridgehead atoms. The highest BCUT2D eigenvalue weighted by molar-refractivity contribution is 7.92. The summed E-state index contributed by atoms with van der Waals surface area (Å²) in [7, 11) is -3.34. The van der Waals surface area contributed by atoms with Crippen LogP contribution >= 0.6 is 11.3 Å². The zero-order valence-electron chi connectivity index (χ0n) is 18.5. The number of piperidine rings is 1. The molecule has 2 heterocycles. The molecule has 3 rings (SSSR count). The molecule has 0 radical (unpaired) electrons. The van der Waals surface area contributed by atoms with Crippen molar-refractivity contribution in [2.45, 2.75) is 39.2 Å². The molecule has 0 spiro atoms. The summed E-state index contributed by atoms with van der Waals surface area (Å²) < 4.78 is 30.5. The van der Waals surface area contributed by atoms with E-state index >= 15 is 0 Å². The highest BCUT2D eigenvalue weighted by Gasteiger charge is 2.31. The van der Waals surface area contributed by atoms with E-state index in [0.29, 0.717) is 36.0 Å². The fourth-order valence-electron chi connectivity index (χ4n) is 3.28. The molecule has 1 atom stereocenters. The largest absolute Gasteiger partial charge is 0.444 e. The second kappa shape index (κ2) is 9.45. The first-order chi connectivity index (χ1) is 14.9. The van der Waals surface area contributed by atoms with Crippen LogP contribution in [0.5, 0.6) is 0 Å². The third-order valence-corrected chi connectivity index (χ3v) is 6.03. The topological polar surface area (TPSA) is 118 Å². The van der Waals surface area contributed by atoms with E-state index in [4.69, 9.17) is 4.74 Å². The second-order valence-corrected chi connectivity index (χ2v) is 11.4. The Kier molecular flexibility index (Phi) is 7.09. The average molecular weight is 481 g/mol. The van der Waals surface area contributed by atoms with Crippen molar-refractivity contribution in [1.29, 1.82) is 0 Å². The summed E-state index contributed by atoms with van der Waals surface area (Å²) in [5, 5.41) is 5.14. The van der Waals surface area contributed by atoms with Gasteiger partial charge in [-0.1, -0.05) is 12.1 Å². The molecule has 1 fully saturated rings. The third kappa shape index (κ3) is 6.92. The van der Waals surface area contributed by atoms with Crippen LogP contribution in [0.1, 0.15) is 33.6 Å². The number of carbonyl (C=O) groups excluding carboxylic acids is 2. The van der Waals surface area contributed by atoms with Crippen LogP contribution in [0, 0.1) is 5.92 Å². The van der Waals surface area contributed by atoms with E-state index in [1.54, 1.807) is 29.2 Å². The molecule has 1 unspecified atom stereocenters. The van der Waals surface area contributed by atoms with E-state index in [-0.39, 0.29) is 11.8 Å². The number of nitrogens with one attached hydrogen (secondary N) is 2. The first-order valence-electron chi connectivity index (χ1n) is 10.2. The van der Waals surface area contributed by atoms with Gasteiger partial charge in [0.05, 0.1) is 17.9 Å². The molecule has 2 amide bonds. The van der Waals surface area contributed by atoms with Gasteiger partial charge < -0.3 is 15.0 Å². The number of hydrogen-bond acceptors (Lipinski definition) is 7. The fraction of sp³-hybridized carbons (Fsp3) is 0.476. The van der Waals surface area contributed by atoms with Gasteiger partial charge in [0.2, 0.25) is 15.9 Å². The van der Waals surface area contributed by atoms with Crippen molar-refractivity contribution in [1.82, 2.24) is 9.88 Å². The molecule has 2 aromatic rings. The number of thiazole rings is 1. The van der Waals surface area contributed by atoms with Gasteiger partial charge in [-0.15, -0.1) is 11.3 Å². The Balaban J connectivity index is 1.60. The van der Waals surface area contributed by atoms with Gasteiger partial charge in [0.15, 0.2) is 5.13 Å². The van der Waals surface area contributed by atoms with E-state index in [9.17, 15) is 18.0 Å². The number of likely N-dealkylation sites (tertiary alicyclic amines) is 1. The van der Waals surface area contributed by atoms with Crippen LogP contribution < -0.4 is 10.0 Å². The summed E-state index contributed by atoms with van der Waals surface area (Å²) in [4.78, 5) is 31.1. The molecule has 1 aliphatic heterocycles. The van der Waals surface area contributed by atoms with Crippen molar-refractivity contribution < 1.29 is 22.7 Å². The lowest BCUT2D eigenvalue weighted by atomic mass is 9.97. The molecule has 32 heavy (non-hydrogen) atoms. The fourth-order valence-corrected chi connectivity index (χ4v) is 4.56. The molecular formula is C21H28N4O5S2. The minimum absolute atomic E-state index is 0.174. The van der Waals surface area contributed by atoms with Gasteiger partial charge in [-0.25, -0.2) is 18.2 Å². The van der Waals surface area contributed by atoms with Crippen molar-refractivity contribution in [2.75, 3.05) is 29.4 Å². The van der Waals surface area contributed by atoms with Crippen LogP contribution in [-0.4, -0.2) is 55.2 Å². The van der Waals surface area contributed by atoms with Crippen LogP contribution in [0.25, 0.3) is 11.3 Å². The first kappa shape index (κ1) is 24.0. The van der Waals surface area contributed by atoms with Gasteiger partial charge in [-0.2, -0.15) is 0 Å². The Hall–Kier alpha value is -2.66. The molecule has 174 valence electrons. The lowest BCUT2D eigenvalue weighted by Crippen LogP contribution is -2.45. The second-order valence-electron chi connectivity index (χ2n) is 8.74.